The summed E-state index contributed by atoms with van der Waals surface area (Å²) in [6, 6.07) is 0. The van der Waals surface area contributed by atoms with E-state index < -0.39 is 5.54 Å². The molecular formula is C13H23N3O2. The Morgan fingerprint density at radius 3 is 2.61 bits per heavy atom. The maximum atomic E-state index is 6.46. The van der Waals surface area contributed by atoms with Gasteiger partial charge in [0, 0.05) is 12.5 Å². The van der Waals surface area contributed by atoms with Gasteiger partial charge in [-0.25, -0.2) is 0 Å². The van der Waals surface area contributed by atoms with E-state index in [9.17, 15) is 0 Å². The van der Waals surface area contributed by atoms with Crippen molar-refractivity contribution in [3.05, 3.63) is 11.7 Å². The third kappa shape index (κ3) is 2.57. The van der Waals surface area contributed by atoms with Crippen LogP contribution in [0.1, 0.15) is 58.2 Å². The summed E-state index contributed by atoms with van der Waals surface area (Å²) in [5, 5.41) is 4.06. The largest absolute Gasteiger partial charge is 0.378 e. The first kappa shape index (κ1) is 13.5. The lowest BCUT2D eigenvalue weighted by atomic mass is 9.83. The Morgan fingerprint density at radius 2 is 2.06 bits per heavy atom. The highest BCUT2D eigenvalue weighted by Crippen LogP contribution is 2.33. The second-order valence-electron chi connectivity index (χ2n) is 5.87. The van der Waals surface area contributed by atoms with E-state index in [4.69, 9.17) is 15.0 Å². The molecule has 18 heavy (non-hydrogen) atoms. The number of aromatic nitrogens is 2. The van der Waals surface area contributed by atoms with Crippen LogP contribution in [-0.2, 0) is 10.3 Å². The van der Waals surface area contributed by atoms with Crippen LogP contribution in [0.25, 0.3) is 0 Å². The number of ether oxygens (including phenoxy) is 1. The summed E-state index contributed by atoms with van der Waals surface area (Å²) in [4.78, 5) is 4.44. The molecule has 102 valence electrons. The molecule has 0 aromatic carbocycles. The van der Waals surface area contributed by atoms with Gasteiger partial charge in [0.2, 0.25) is 5.89 Å². The zero-order valence-corrected chi connectivity index (χ0v) is 11.6. The number of hydrogen-bond acceptors (Lipinski definition) is 5. The van der Waals surface area contributed by atoms with Gasteiger partial charge < -0.3 is 15.0 Å². The van der Waals surface area contributed by atoms with Gasteiger partial charge in [-0.3, -0.25) is 0 Å². The highest BCUT2D eigenvalue weighted by molar-refractivity contribution is 5.07. The van der Waals surface area contributed by atoms with Crippen molar-refractivity contribution in [1.82, 2.24) is 10.1 Å². The van der Waals surface area contributed by atoms with Gasteiger partial charge in [-0.1, -0.05) is 32.9 Å². The van der Waals surface area contributed by atoms with Crippen LogP contribution in [0.5, 0.6) is 0 Å². The minimum Gasteiger partial charge on any atom is -0.378 e. The fourth-order valence-electron chi connectivity index (χ4n) is 2.22. The molecule has 1 saturated heterocycles. The summed E-state index contributed by atoms with van der Waals surface area (Å²) in [7, 11) is 0. The second-order valence-corrected chi connectivity index (χ2v) is 5.87. The molecule has 1 aliphatic heterocycles. The topological polar surface area (TPSA) is 74.2 Å². The van der Waals surface area contributed by atoms with E-state index in [2.05, 4.69) is 24.0 Å². The average Bonchev–Trinajstić information content (AvgIpc) is 2.79. The van der Waals surface area contributed by atoms with Crippen molar-refractivity contribution in [2.45, 2.75) is 58.1 Å². The second kappa shape index (κ2) is 4.97. The Hall–Kier alpha value is -0.940. The van der Waals surface area contributed by atoms with Crippen molar-refractivity contribution >= 4 is 0 Å². The number of nitrogens with zero attached hydrogens (tertiary/aromatic N) is 2. The molecule has 1 aromatic rings. The molecule has 1 fully saturated rings. The summed E-state index contributed by atoms with van der Waals surface area (Å²) in [5.41, 5.74) is 5.95. The molecule has 2 N–H and O–H groups in total. The quantitative estimate of drug-likeness (QED) is 0.893. The molecule has 0 radical (unpaired) electrons. The summed E-state index contributed by atoms with van der Waals surface area (Å²) >= 11 is 0. The van der Waals surface area contributed by atoms with E-state index in [1.54, 1.807) is 0 Å². The smallest absolute Gasteiger partial charge is 0.229 e. The van der Waals surface area contributed by atoms with Crippen molar-refractivity contribution in [2.24, 2.45) is 11.7 Å². The Bertz CT molecular complexity index is 403. The SMILES string of the molecule is CC(C)c1nc(C2(N)CCOC(C(C)C)C2)no1. The first-order chi connectivity index (χ1) is 8.42. The number of hydrogen-bond donors (Lipinski definition) is 1. The van der Waals surface area contributed by atoms with Crippen LogP contribution < -0.4 is 5.73 Å². The van der Waals surface area contributed by atoms with Crippen molar-refractivity contribution < 1.29 is 9.26 Å². The van der Waals surface area contributed by atoms with Gasteiger partial charge in [-0.2, -0.15) is 4.98 Å². The Kier molecular flexibility index (Phi) is 3.73. The standard InChI is InChI=1S/C13H23N3O2/c1-8(2)10-7-13(14,5-6-17-10)12-15-11(9(3)4)18-16-12/h8-10H,5-7,14H2,1-4H3. The summed E-state index contributed by atoms with van der Waals surface area (Å²) in [5.74, 6) is 1.96. The monoisotopic (exact) mass is 253 g/mol. The first-order valence-corrected chi connectivity index (χ1v) is 6.67. The van der Waals surface area contributed by atoms with E-state index in [0.717, 1.165) is 12.8 Å². The van der Waals surface area contributed by atoms with Gasteiger partial charge in [0.05, 0.1) is 11.6 Å². The summed E-state index contributed by atoms with van der Waals surface area (Å²) in [6.45, 7) is 9.01. The van der Waals surface area contributed by atoms with Crippen molar-refractivity contribution in [3.8, 4) is 0 Å². The molecule has 5 nitrogen and oxygen atoms in total. The summed E-state index contributed by atoms with van der Waals surface area (Å²) in [6.07, 6.45) is 1.67. The van der Waals surface area contributed by atoms with Gasteiger partial charge >= 0.3 is 0 Å². The Morgan fingerprint density at radius 1 is 1.33 bits per heavy atom. The van der Waals surface area contributed by atoms with Crippen LogP contribution in [0.2, 0.25) is 0 Å². The van der Waals surface area contributed by atoms with Gasteiger partial charge in [0.15, 0.2) is 5.82 Å². The van der Waals surface area contributed by atoms with E-state index >= 15 is 0 Å². The van der Waals surface area contributed by atoms with E-state index in [-0.39, 0.29) is 12.0 Å². The lowest BCUT2D eigenvalue weighted by Crippen LogP contribution is -2.47. The van der Waals surface area contributed by atoms with Crippen LogP contribution in [0.4, 0.5) is 0 Å². The van der Waals surface area contributed by atoms with Gasteiger partial charge in [0.25, 0.3) is 0 Å². The van der Waals surface area contributed by atoms with Crippen molar-refractivity contribution in [2.75, 3.05) is 6.61 Å². The molecular weight excluding hydrogens is 230 g/mol. The zero-order chi connectivity index (χ0) is 13.3. The number of rotatable bonds is 3. The number of nitrogens with two attached hydrogens (primary N) is 1. The van der Waals surface area contributed by atoms with E-state index in [1.807, 2.05) is 13.8 Å². The minimum absolute atomic E-state index is 0.171. The average molecular weight is 253 g/mol. The highest BCUT2D eigenvalue weighted by atomic mass is 16.5. The molecule has 2 atom stereocenters. The van der Waals surface area contributed by atoms with Gasteiger partial charge in [0.1, 0.15) is 0 Å². The molecule has 1 aliphatic rings. The molecule has 1 aromatic heterocycles. The molecule has 0 amide bonds. The van der Waals surface area contributed by atoms with Crippen molar-refractivity contribution in [1.29, 1.82) is 0 Å². The normalized spacial score (nSPS) is 29.2. The molecule has 5 heteroatoms. The Labute approximate surface area is 108 Å². The van der Waals surface area contributed by atoms with Crippen LogP contribution in [-0.4, -0.2) is 22.9 Å². The van der Waals surface area contributed by atoms with Crippen molar-refractivity contribution in [3.63, 3.8) is 0 Å². The Balaban J connectivity index is 2.18. The fourth-order valence-corrected chi connectivity index (χ4v) is 2.22. The van der Waals surface area contributed by atoms with Crippen LogP contribution in [0.3, 0.4) is 0 Å². The molecule has 2 unspecified atom stereocenters. The van der Waals surface area contributed by atoms with E-state index in [1.165, 1.54) is 0 Å². The summed E-state index contributed by atoms with van der Waals surface area (Å²) < 4.78 is 11.0. The molecule has 2 rings (SSSR count). The maximum Gasteiger partial charge on any atom is 0.229 e. The molecule has 2 heterocycles. The lowest BCUT2D eigenvalue weighted by molar-refractivity contribution is -0.0460. The van der Waals surface area contributed by atoms with Gasteiger partial charge in [-0.15, -0.1) is 0 Å². The zero-order valence-electron chi connectivity index (χ0n) is 11.6. The molecule has 0 saturated carbocycles. The van der Waals surface area contributed by atoms with Crippen LogP contribution in [0.15, 0.2) is 4.52 Å². The fraction of sp³-hybridized carbons (Fsp3) is 0.846. The van der Waals surface area contributed by atoms with E-state index in [0.29, 0.717) is 24.2 Å². The predicted octanol–water partition coefficient (Wildman–Crippen LogP) is 2.18. The highest BCUT2D eigenvalue weighted by Gasteiger charge is 2.40. The third-order valence-corrected chi connectivity index (χ3v) is 3.57. The molecule has 0 aliphatic carbocycles. The third-order valence-electron chi connectivity index (χ3n) is 3.57. The minimum atomic E-state index is -0.510. The maximum absolute atomic E-state index is 6.46. The van der Waals surface area contributed by atoms with Crippen LogP contribution in [0, 0.1) is 5.92 Å². The van der Waals surface area contributed by atoms with Gasteiger partial charge in [-0.05, 0) is 18.8 Å². The molecule has 0 spiro atoms. The first-order valence-electron chi connectivity index (χ1n) is 6.67. The molecule has 0 bridgehead atoms. The van der Waals surface area contributed by atoms with Crippen LogP contribution >= 0.6 is 0 Å². The lowest BCUT2D eigenvalue weighted by Gasteiger charge is -2.37. The predicted molar refractivity (Wildman–Crippen MR) is 68.1 cm³/mol.